The molecule has 2 aliphatic rings. The third-order valence-corrected chi connectivity index (χ3v) is 11.4. The number of hydrogen-bond donors (Lipinski definition) is 1. The fourth-order valence-corrected chi connectivity index (χ4v) is 7.19. The van der Waals surface area contributed by atoms with Crippen LogP contribution in [0.25, 0.3) is 5.69 Å². The number of aromatic nitrogens is 4. The van der Waals surface area contributed by atoms with Gasteiger partial charge in [0.2, 0.25) is 11.1 Å². The number of nitrogens with zero attached hydrogens (tertiary/aromatic N) is 7. The van der Waals surface area contributed by atoms with Gasteiger partial charge in [-0.3, -0.25) is 9.59 Å². The predicted octanol–water partition coefficient (Wildman–Crippen LogP) is 6.99. The molecule has 1 N–H and O–H groups in total. The number of rotatable bonds is 14. The number of tetrazole rings is 1. The number of anilines is 2. The Morgan fingerprint density at radius 1 is 0.943 bits per heavy atom. The highest BCUT2D eigenvalue weighted by molar-refractivity contribution is 8.01. The summed E-state index contributed by atoms with van der Waals surface area (Å²) in [5.74, 6) is 1.21. The highest BCUT2D eigenvalue weighted by atomic mass is 32.2. The lowest BCUT2D eigenvalue weighted by molar-refractivity contribution is -0.117. The molecule has 0 radical (unpaired) electrons. The molecule has 3 aromatic carbocycles. The number of hydrogen-bond acceptors (Lipinski definition) is 10. The van der Waals surface area contributed by atoms with Gasteiger partial charge in [-0.25, -0.2) is 0 Å². The van der Waals surface area contributed by atoms with Crippen LogP contribution in [0.2, 0.25) is 0 Å². The zero-order valence-electron chi connectivity index (χ0n) is 31.5. The second-order valence-electron chi connectivity index (χ2n) is 14.6. The van der Waals surface area contributed by atoms with E-state index in [1.807, 2.05) is 30.3 Å². The summed E-state index contributed by atoms with van der Waals surface area (Å²) in [6.07, 6.45) is 2.93. The van der Waals surface area contributed by atoms with Gasteiger partial charge in [0, 0.05) is 30.8 Å². The molecule has 13 heteroatoms. The van der Waals surface area contributed by atoms with Gasteiger partial charge >= 0.3 is 0 Å². The van der Waals surface area contributed by atoms with Crippen molar-refractivity contribution < 1.29 is 19.1 Å². The van der Waals surface area contributed by atoms with Crippen LogP contribution in [-0.4, -0.2) is 80.9 Å². The number of nitrogens with one attached hydrogen (secondary N) is 1. The van der Waals surface area contributed by atoms with Crippen LogP contribution in [0.15, 0.2) is 83.1 Å². The molecule has 1 fully saturated rings. The number of hydrazone groups is 1. The van der Waals surface area contributed by atoms with E-state index in [-0.39, 0.29) is 22.6 Å². The minimum Gasteiger partial charge on any atom is -0.493 e. The van der Waals surface area contributed by atoms with Gasteiger partial charge in [-0.1, -0.05) is 83.6 Å². The molecule has 12 nitrogen and oxygen atoms in total. The van der Waals surface area contributed by atoms with Crippen LogP contribution in [0.5, 0.6) is 5.75 Å². The maximum absolute atomic E-state index is 14.0. The van der Waals surface area contributed by atoms with Crippen LogP contribution in [-0.2, 0) is 25.2 Å². The number of benzene rings is 3. The summed E-state index contributed by atoms with van der Waals surface area (Å²) in [5.41, 5.74) is 4.60. The summed E-state index contributed by atoms with van der Waals surface area (Å²) < 4.78 is 13.5. The highest BCUT2D eigenvalue weighted by Gasteiger charge is 2.42. The predicted molar refractivity (Wildman–Crippen MR) is 209 cm³/mol. The zero-order valence-corrected chi connectivity index (χ0v) is 32.4. The first-order chi connectivity index (χ1) is 25.5. The number of carbonyl (C=O) groups is 2. The van der Waals surface area contributed by atoms with Gasteiger partial charge in [-0.05, 0) is 88.5 Å². The maximum Gasteiger partial charge on any atom is 0.268 e. The van der Waals surface area contributed by atoms with Crippen molar-refractivity contribution in [3.8, 4) is 11.4 Å². The lowest BCUT2D eigenvalue weighted by Crippen LogP contribution is -2.45. The Morgan fingerprint density at radius 3 is 2.36 bits per heavy atom. The number of para-hydroxylation sites is 1. The van der Waals surface area contributed by atoms with Crippen LogP contribution in [0.3, 0.4) is 0 Å². The van der Waals surface area contributed by atoms with Crippen LogP contribution in [0.4, 0.5) is 11.4 Å². The molecule has 1 saturated heterocycles. The van der Waals surface area contributed by atoms with Crippen molar-refractivity contribution in [3.63, 3.8) is 0 Å². The Bertz CT molecular complexity index is 1910. The van der Waals surface area contributed by atoms with E-state index < -0.39 is 5.25 Å². The number of thioether (sulfide) groups is 1. The maximum atomic E-state index is 14.0. The topological polar surface area (TPSA) is 127 Å². The molecule has 2 amide bonds. The van der Waals surface area contributed by atoms with Crippen molar-refractivity contribution >= 4 is 40.8 Å². The molecule has 0 saturated carbocycles. The van der Waals surface area contributed by atoms with Gasteiger partial charge in [-0.15, -0.1) is 5.10 Å². The van der Waals surface area contributed by atoms with Crippen LogP contribution >= 0.6 is 11.8 Å². The molecule has 1 atom stereocenters. The van der Waals surface area contributed by atoms with Gasteiger partial charge in [0.25, 0.3) is 5.91 Å². The van der Waals surface area contributed by atoms with E-state index in [1.165, 1.54) is 27.9 Å². The summed E-state index contributed by atoms with van der Waals surface area (Å²) in [4.78, 5) is 29.0. The molecule has 0 spiro atoms. The third kappa shape index (κ3) is 8.73. The molecule has 0 unspecified atom stereocenters. The number of amides is 2. The first-order valence-corrected chi connectivity index (χ1v) is 19.3. The molecule has 3 heterocycles. The van der Waals surface area contributed by atoms with Crippen molar-refractivity contribution in [3.05, 3.63) is 83.9 Å². The summed E-state index contributed by atoms with van der Waals surface area (Å²) >= 11 is 1.27. The monoisotopic (exact) mass is 738 g/mol. The number of morpholine rings is 1. The number of carbonyl (C=O) groups excluding carboxylic acids is 2. The normalized spacial score (nSPS) is 16.5. The Hall–Kier alpha value is -4.75. The molecule has 6 rings (SSSR count). The third-order valence-electron chi connectivity index (χ3n) is 10.3. The van der Waals surface area contributed by atoms with Gasteiger partial charge in [0.05, 0.1) is 31.2 Å². The van der Waals surface area contributed by atoms with Gasteiger partial charge in [0.1, 0.15) is 11.6 Å². The molecule has 53 heavy (non-hydrogen) atoms. The summed E-state index contributed by atoms with van der Waals surface area (Å²) in [6.45, 7) is 16.3. The molecular formula is C40H50N8O4S. The molecule has 4 aromatic rings. The molecule has 280 valence electrons. The quantitative estimate of drug-likeness (QED) is 0.136. The number of amidine groups is 1. The lowest BCUT2D eigenvalue weighted by Gasteiger charge is -2.30. The minimum atomic E-state index is -0.659. The molecule has 0 bridgehead atoms. The summed E-state index contributed by atoms with van der Waals surface area (Å²) in [5, 5.41) is 21.3. The lowest BCUT2D eigenvalue weighted by atomic mass is 9.76. The van der Waals surface area contributed by atoms with E-state index in [1.54, 1.807) is 28.9 Å². The average Bonchev–Trinajstić information content (AvgIpc) is 3.78. The van der Waals surface area contributed by atoms with Gasteiger partial charge in [0.15, 0.2) is 5.25 Å². The van der Waals surface area contributed by atoms with Crippen LogP contribution in [0.1, 0.15) is 78.4 Å². The van der Waals surface area contributed by atoms with E-state index in [0.29, 0.717) is 68.1 Å². The van der Waals surface area contributed by atoms with Crippen LogP contribution in [0, 0.1) is 0 Å². The second kappa shape index (κ2) is 16.5. The Morgan fingerprint density at radius 2 is 1.66 bits per heavy atom. The largest absolute Gasteiger partial charge is 0.493 e. The first kappa shape index (κ1) is 38.0. The van der Waals surface area contributed by atoms with E-state index in [9.17, 15) is 9.59 Å². The highest BCUT2D eigenvalue weighted by Crippen LogP contribution is 2.39. The second-order valence-corrected chi connectivity index (χ2v) is 15.7. The number of ether oxygens (including phenoxy) is 2. The molecule has 1 aromatic heterocycles. The van der Waals surface area contributed by atoms with E-state index >= 15 is 0 Å². The zero-order chi connectivity index (χ0) is 37.6. The molecular weight excluding hydrogens is 689 g/mol. The first-order valence-electron chi connectivity index (χ1n) is 18.4. The van der Waals surface area contributed by atoms with Crippen LogP contribution < -0.4 is 15.1 Å². The Labute approximate surface area is 316 Å². The standard InChI is InChI=1S/C40H50N8O4S/c1-7-39(3,4)28-16-21-33(32(27-28)40(5,6)8-2)52-24-12-15-34(49)41-29-17-19-31(20-18-29)47-37(50)35(36(43-47)46-22-25-51-26-23-46)53-38-42-44-45-48(38)30-13-10-9-11-14-30/h9-11,13-14,16-21,27,35H,7-8,12,15,22-26H2,1-6H3,(H,41,49)/t35-/m0/s1. The SMILES string of the molecule is CCC(C)(C)c1ccc(OCCCC(=O)Nc2ccc(N3N=C(N4CCOCC4)[C@H](Sc4nnnn4-c4ccccc4)C3=O)cc2)c(C(C)(C)CC)c1. The van der Waals surface area contributed by atoms with E-state index in [0.717, 1.165) is 24.3 Å². The van der Waals surface area contributed by atoms with Gasteiger partial charge < -0.3 is 19.7 Å². The van der Waals surface area contributed by atoms with Crippen molar-refractivity contribution in [1.29, 1.82) is 0 Å². The average molecular weight is 739 g/mol. The fourth-order valence-electron chi connectivity index (χ4n) is 6.15. The smallest absolute Gasteiger partial charge is 0.268 e. The molecule has 2 aliphatic heterocycles. The summed E-state index contributed by atoms with van der Waals surface area (Å²) in [6, 6.07) is 23.3. The van der Waals surface area contributed by atoms with Crippen molar-refractivity contribution in [2.75, 3.05) is 43.2 Å². The van der Waals surface area contributed by atoms with Crippen molar-refractivity contribution in [2.24, 2.45) is 5.10 Å². The van der Waals surface area contributed by atoms with Crippen molar-refractivity contribution in [1.82, 2.24) is 25.1 Å². The minimum absolute atomic E-state index is 0.0335. The van der Waals surface area contributed by atoms with E-state index in [2.05, 4.69) is 85.5 Å². The Kier molecular flexibility index (Phi) is 11.8. The van der Waals surface area contributed by atoms with Crippen molar-refractivity contribution in [2.45, 2.75) is 88.5 Å². The Balaban J connectivity index is 1.08. The fraction of sp³-hybridized carbons (Fsp3) is 0.450. The van der Waals surface area contributed by atoms with Gasteiger partial charge in [-0.2, -0.15) is 14.8 Å². The van der Waals surface area contributed by atoms with E-state index in [4.69, 9.17) is 14.6 Å². The summed E-state index contributed by atoms with van der Waals surface area (Å²) in [7, 11) is 0. The molecule has 0 aliphatic carbocycles.